The summed E-state index contributed by atoms with van der Waals surface area (Å²) in [5, 5.41) is 5.46. The van der Waals surface area contributed by atoms with Crippen molar-refractivity contribution in [3.8, 4) is 0 Å². The topological polar surface area (TPSA) is 150 Å². The molecule has 0 radical (unpaired) electrons. The minimum atomic E-state index is -0.901. The van der Waals surface area contributed by atoms with E-state index in [0.717, 1.165) is 0 Å². The van der Waals surface area contributed by atoms with Gasteiger partial charge in [0.15, 0.2) is 0 Å². The maximum absolute atomic E-state index is 13.1. The third-order valence-corrected chi connectivity index (χ3v) is 5.44. The Bertz CT molecular complexity index is 749. The van der Waals surface area contributed by atoms with E-state index in [1.807, 2.05) is 6.92 Å². The average Bonchev–Trinajstić information content (AvgIpc) is 3.34. The van der Waals surface area contributed by atoms with E-state index in [4.69, 9.17) is 5.73 Å². The van der Waals surface area contributed by atoms with Crippen LogP contribution in [-0.2, 0) is 25.6 Å². The van der Waals surface area contributed by atoms with Crippen molar-refractivity contribution < 1.29 is 19.2 Å². The predicted molar refractivity (Wildman–Crippen MR) is 98.5 cm³/mol. The zero-order chi connectivity index (χ0) is 20.3. The number of aromatic amines is 1. The van der Waals surface area contributed by atoms with Gasteiger partial charge in [0.25, 0.3) is 0 Å². The standard InChI is InChI=1S/C18H26N6O4/c1-10-4-5-14(25)23-15(10)17(27)22-12(7-11-8-20-9-21-11)18(28)24-6-2-3-13(24)16(19)26/h8-10,12-13,15H,2-7H2,1H3,(H2,19,26)(H,20,21)(H,22,27)(H,23,25)/t10?,12-,13-,15?/m0/s1. The molecule has 5 N–H and O–H groups in total. The van der Waals surface area contributed by atoms with Crippen LogP contribution in [0.15, 0.2) is 12.5 Å². The van der Waals surface area contributed by atoms with Crippen molar-refractivity contribution in [1.82, 2.24) is 25.5 Å². The summed E-state index contributed by atoms with van der Waals surface area (Å²) < 4.78 is 0. The molecule has 0 bridgehead atoms. The number of amides is 4. The number of carbonyl (C=O) groups is 4. The summed E-state index contributed by atoms with van der Waals surface area (Å²) in [5.41, 5.74) is 6.03. The third kappa shape index (κ3) is 4.32. The van der Waals surface area contributed by atoms with E-state index >= 15 is 0 Å². The lowest BCUT2D eigenvalue weighted by Crippen LogP contribution is -2.59. The summed E-state index contributed by atoms with van der Waals surface area (Å²) in [5.74, 6) is -1.55. The van der Waals surface area contributed by atoms with Gasteiger partial charge in [0.1, 0.15) is 18.1 Å². The van der Waals surface area contributed by atoms with Crippen LogP contribution in [0.1, 0.15) is 38.3 Å². The van der Waals surface area contributed by atoms with Crippen molar-refractivity contribution in [2.45, 2.75) is 57.2 Å². The Labute approximate surface area is 162 Å². The molecule has 4 atom stereocenters. The fourth-order valence-corrected chi connectivity index (χ4v) is 3.84. The van der Waals surface area contributed by atoms with Crippen molar-refractivity contribution in [3.63, 3.8) is 0 Å². The quantitative estimate of drug-likeness (QED) is 0.482. The minimum absolute atomic E-state index is 0.0380. The molecule has 1 aromatic heterocycles. The number of hydrogen-bond acceptors (Lipinski definition) is 5. The fraction of sp³-hybridized carbons (Fsp3) is 0.611. The van der Waals surface area contributed by atoms with E-state index in [0.29, 0.717) is 37.9 Å². The molecule has 0 aliphatic carbocycles. The molecule has 1 aromatic rings. The van der Waals surface area contributed by atoms with Crippen LogP contribution in [0.2, 0.25) is 0 Å². The predicted octanol–water partition coefficient (Wildman–Crippen LogP) is -1.17. The molecule has 28 heavy (non-hydrogen) atoms. The molecule has 152 valence electrons. The summed E-state index contributed by atoms with van der Waals surface area (Å²) in [6.07, 6.45) is 5.49. The fourth-order valence-electron chi connectivity index (χ4n) is 3.84. The summed E-state index contributed by atoms with van der Waals surface area (Å²) in [6, 6.07) is -2.26. The van der Waals surface area contributed by atoms with Crippen molar-refractivity contribution in [2.75, 3.05) is 6.54 Å². The van der Waals surface area contributed by atoms with E-state index in [1.165, 1.54) is 11.2 Å². The van der Waals surface area contributed by atoms with Gasteiger partial charge < -0.3 is 26.3 Å². The second-order valence-electron chi connectivity index (χ2n) is 7.48. The zero-order valence-electron chi connectivity index (χ0n) is 15.8. The van der Waals surface area contributed by atoms with Gasteiger partial charge in [-0.15, -0.1) is 0 Å². The Hall–Kier alpha value is -2.91. The number of likely N-dealkylation sites (tertiary alicyclic amines) is 1. The number of piperidine rings is 1. The molecule has 2 unspecified atom stereocenters. The summed E-state index contributed by atoms with van der Waals surface area (Å²) in [6.45, 7) is 2.30. The van der Waals surface area contributed by atoms with Crippen molar-refractivity contribution >= 4 is 23.6 Å². The van der Waals surface area contributed by atoms with Crippen LogP contribution in [0.3, 0.4) is 0 Å². The first kappa shape index (κ1) is 19.8. The highest BCUT2D eigenvalue weighted by molar-refractivity contribution is 5.94. The molecule has 0 spiro atoms. The molecule has 3 heterocycles. The summed E-state index contributed by atoms with van der Waals surface area (Å²) in [4.78, 5) is 57.7. The lowest BCUT2D eigenvalue weighted by atomic mass is 9.91. The van der Waals surface area contributed by atoms with Crippen LogP contribution in [0.25, 0.3) is 0 Å². The monoisotopic (exact) mass is 390 g/mol. The van der Waals surface area contributed by atoms with Gasteiger partial charge in [0.2, 0.25) is 23.6 Å². The number of primary amides is 1. The molecule has 2 saturated heterocycles. The number of H-pyrrole nitrogens is 1. The maximum atomic E-state index is 13.1. The van der Waals surface area contributed by atoms with Gasteiger partial charge in [0, 0.05) is 25.6 Å². The lowest BCUT2D eigenvalue weighted by molar-refractivity contribution is -0.141. The Morgan fingerprint density at radius 2 is 2.18 bits per heavy atom. The molecule has 2 aliphatic rings. The first-order chi connectivity index (χ1) is 13.4. The zero-order valence-corrected chi connectivity index (χ0v) is 15.8. The molecule has 2 aliphatic heterocycles. The van der Waals surface area contributed by atoms with E-state index < -0.39 is 29.9 Å². The van der Waals surface area contributed by atoms with Gasteiger partial charge in [-0.05, 0) is 25.2 Å². The van der Waals surface area contributed by atoms with Gasteiger partial charge in [-0.25, -0.2) is 4.98 Å². The van der Waals surface area contributed by atoms with Crippen LogP contribution in [-0.4, -0.2) is 63.2 Å². The van der Waals surface area contributed by atoms with Gasteiger partial charge in [0.05, 0.1) is 12.0 Å². The molecule has 2 fully saturated rings. The van der Waals surface area contributed by atoms with E-state index in [-0.39, 0.29) is 24.2 Å². The van der Waals surface area contributed by atoms with Gasteiger partial charge in [-0.1, -0.05) is 6.92 Å². The molecule has 10 heteroatoms. The van der Waals surface area contributed by atoms with Crippen molar-refractivity contribution in [1.29, 1.82) is 0 Å². The number of aromatic nitrogens is 2. The van der Waals surface area contributed by atoms with Crippen LogP contribution in [0.4, 0.5) is 0 Å². The SMILES string of the molecule is CC1CCC(=O)NC1C(=O)N[C@@H](Cc1c[nH]cn1)C(=O)N1CCC[C@H]1C(N)=O. The first-order valence-corrected chi connectivity index (χ1v) is 9.54. The van der Waals surface area contributed by atoms with Crippen molar-refractivity contribution in [2.24, 2.45) is 11.7 Å². The van der Waals surface area contributed by atoms with Crippen LogP contribution in [0, 0.1) is 5.92 Å². The Morgan fingerprint density at radius 1 is 1.39 bits per heavy atom. The molecule has 0 aromatic carbocycles. The highest BCUT2D eigenvalue weighted by Gasteiger charge is 2.39. The van der Waals surface area contributed by atoms with E-state index in [9.17, 15) is 19.2 Å². The molecule has 3 rings (SSSR count). The number of nitrogens with one attached hydrogen (secondary N) is 3. The number of hydrogen-bond donors (Lipinski definition) is 4. The van der Waals surface area contributed by atoms with E-state index in [2.05, 4.69) is 20.6 Å². The van der Waals surface area contributed by atoms with Crippen LogP contribution in [0.5, 0.6) is 0 Å². The number of nitrogens with two attached hydrogens (primary N) is 1. The Kier molecular flexibility index (Phi) is 5.96. The average molecular weight is 390 g/mol. The largest absolute Gasteiger partial charge is 0.368 e. The molecular formula is C18H26N6O4. The Morgan fingerprint density at radius 3 is 2.86 bits per heavy atom. The summed E-state index contributed by atoms with van der Waals surface area (Å²) in [7, 11) is 0. The van der Waals surface area contributed by atoms with Crippen LogP contribution < -0.4 is 16.4 Å². The van der Waals surface area contributed by atoms with Gasteiger partial charge >= 0.3 is 0 Å². The Balaban J connectivity index is 1.76. The summed E-state index contributed by atoms with van der Waals surface area (Å²) >= 11 is 0. The van der Waals surface area contributed by atoms with E-state index in [1.54, 1.807) is 6.20 Å². The molecule has 10 nitrogen and oxygen atoms in total. The van der Waals surface area contributed by atoms with Gasteiger partial charge in [-0.3, -0.25) is 19.2 Å². The molecular weight excluding hydrogens is 364 g/mol. The first-order valence-electron chi connectivity index (χ1n) is 9.54. The maximum Gasteiger partial charge on any atom is 0.246 e. The second kappa shape index (κ2) is 8.41. The molecule has 0 saturated carbocycles. The van der Waals surface area contributed by atoms with Gasteiger partial charge in [-0.2, -0.15) is 0 Å². The number of rotatable bonds is 6. The number of carbonyl (C=O) groups excluding carboxylic acids is 4. The second-order valence-corrected chi connectivity index (χ2v) is 7.48. The smallest absolute Gasteiger partial charge is 0.246 e. The number of nitrogens with zero attached hydrogens (tertiary/aromatic N) is 2. The highest BCUT2D eigenvalue weighted by atomic mass is 16.2. The third-order valence-electron chi connectivity index (χ3n) is 5.44. The van der Waals surface area contributed by atoms with Crippen LogP contribution >= 0.6 is 0 Å². The number of imidazole rings is 1. The lowest BCUT2D eigenvalue weighted by Gasteiger charge is -2.32. The minimum Gasteiger partial charge on any atom is -0.368 e. The van der Waals surface area contributed by atoms with Crippen molar-refractivity contribution in [3.05, 3.63) is 18.2 Å². The normalized spacial score (nSPS) is 25.8. The highest BCUT2D eigenvalue weighted by Crippen LogP contribution is 2.20. The molecule has 4 amide bonds.